The molecule has 13 nitrogen and oxygen atoms in total. The fourth-order valence-electron chi connectivity index (χ4n) is 5.04. The zero-order valence-corrected chi connectivity index (χ0v) is 23.8. The van der Waals surface area contributed by atoms with Gasteiger partial charge in [0.2, 0.25) is 5.75 Å². The lowest BCUT2D eigenvalue weighted by molar-refractivity contribution is -0.305. The summed E-state index contributed by atoms with van der Waals surface area (Å²) in [6, 6.07) is 12.5. The van der Waals surface area contributed by atoms with Gasteiger partial charge in [-0.1, -0.05) is 18.2 Å². The van der Waals surface area contributed by atoms with Gasteiger partial charge in [-0.05, 0) is 47.5 Å². The molecule has 2 aliphatic heterocycles. The largest absolute Gasteiger partial charge is 0.508 e. The van der Waals surface area contributed by atoms with Crippen LogP contribution >= 0.6 is 0 Å². The number of phenols is 3. The van der Waals surface area contributed by atoms with Crippen LogP contribution in [0.2, 0.25) is 0 Å². The summed E-state index contributed by atoms with van der Waals surface area (Å²) in [5.41, 5.74) is 1.77. The highest BCUT2D eigenvalue weighted by Crippen LogP contribution is 2.45. The van der Waals surface area contributed by atoms with E-state index in [1.807, 2.05) is 0 Å². The van der Waals surface area contributed by atoms with Crippen molar-refractivity contribution in [1.29, 1.82) is 0 Å². The minimum atomic E-state index is -1.62. The average Bonchev–Trinajstić information content (AvgIpc) is 3.01. The predicted octanol–water partition coefficient (Wildman–Crippen LogP) is 1.69. The second-order valence-corrected chi connectivity index (χ2v) is 10.3. The van der Waals surface area contributed by atoms with Crippen LogP contribution in [0.1, 0.15) is 22.8 Å². The fraction of sp³-hybridized carbons (Fsp3) is 0.355. The molecule has 3 aromatic carbocycles. The maximum atomic E-state index is 10.5. The van der Waals surface area contributed by atoms with E-state index in [4.69, 9.17) is 28.4 Å². The minimum absolute atomic E-state index is 0.0774. The number of hydrogen-bond donors (Lipinski definition) is 7. The quantitative estimate of drug-likeness (QED) is 0.172. The summed E-state index contributed by atoms with van der Waals surface area (Å²) in [5.74, 6) is 0.606. The molecule has 1 fully saturated rings. The lowest BCUT2D eigenvalue weighted by atomic mass is 9.99. The SMILES string of the molecule is COc1cc([C@@H]2Oc3cc(/C=C/c4cc(O)cc(O)c4)ccc3O[C@H]2CO[C@@H]2O[C@H](CO)[C@H](O)[C@H](O)[C@H]2O)cc(OC)c1O. The van der Waals surface area contributed by atoms with Gasteiger partial charge in [-0.25, -0.2) is 0 Å². The van der Waals surface area contributed by atoms with Crippen LogP contribution in [0.15, 0.2) is 48.5 Å². The Labute approximate surface area is 252 Å². The maximum Gasteiger partial charge on any atom is 0.200 e. The van der Waals surface area contributed by atoms with Gasteiger partial charge in [-0.15, -0.1) is 0 Å². The third kappa shape index (κ3) is 6.48. The summed E-state index contributed by atoms with van der Waals surface area (Å²) < 4.78 is 34.6. The monoisotopic (exact) mass is 614 g/mol. The highest BCUT2D eigenvalue weighted by atomic mass is 16.7. The van der Waals surface area contributed by atoms with Crippen LogP contribution < -0.4 is 18.9 Å². The van der Waals surface area contributed by atoms with E-state index in [0.717, 1.165) is 0 Å². The first kappa shape index (κ1) is 31.2. The minimum Gasteiger partial charge on any atom is -0.508 e. The molecule has 0 bridgehead atoms. The van der Waals surface area contributed by atoms with Gasteiger partial charge in [0.1, 0.15) is 35.9 Å². The molecule has 0 aromatic heterocycles. The number of rotatable bonds is 9. The molecule has 0 radical (unpaired) electrons. The smallest absolute Gasteiger partial charge is 0.200 e. The Kier molecular flexibility index (Phi) is 9.34. The van der Waals surface area contributed by atoms with E-state index in [9.17, 15) is 35.7 Å². The van der Waals surface area contributed by atoms with Gasteiger partial charge in [-0.3, -0.25) is 0 Å². The lowest BCUT2D eigenvalue weighted by Gasteiger charge is -2.41. The Hall–Kier alpha value is -4.24. The summed E-state index contributed by atoms with van der Waals surface area (Å²) in [5, 5.41) is 70.2. The van der Waals surface area contributed by atoms with Crippen molar-refractivity contribution in [2.75, 3.05) is 27.4 Å². The number of aliphatic hydroxyl groups excluding tert-OH is 4. The number of aromatic hydroxyl groups is 3. The topological polar surface area (TPSA) is 197 Å². The van der Waals surface area contributed by atoms with Crippen molar-refractivity contribution in [3.8, 4) is 40.2 Å². The molecule has 2 heterocycles. The van der Waals surface area contributed by atoms with Crippen LogP contribution in [0.5, 0.6) is 40.2 Å². The molecule has 0 unspecified atom stereocenters. The molecule has 3 aromatic rings. The van der Waals surface area contributed by atoms with Gasteiger partial charge in [0.05, 0.1) is 27.4 Å². The number of benzene rings is 3. The average molecular weight is 615 g/mol. The van der Waals surface area contributed by atoms with Crippen molar-refractivity contribution in [2.45, 2.75) is 42.9 Å². The zero-order valence-electron chi connectivity index (χ0n) is 23.8. The molecule has 0 amide bonds. The van der Waals surface area contributed by atoms with Gasteiger partial charge in [0.25, 0.3) is 0 Å². The molecule has 13 heteroatoms. The van der Waals surface area contributed by atoms with Crippen molar-refractivity contribution >= 4 is 12.2 Å². The molecule has 236 valence electrons. The van der Waals surface area contributed by atoms with Crippen LogP contribution in [-0.4, -0.2) is 100.0 Å². The highest BCUT2D eigenvalue weighted by molar-refractivity contribution is 5.72. The molecule has 7 N–H and O–H groups in total. The molecular weight excluding hydrogens is 580 g/mol. The third-order valence-corrected chi connectivity index (χ3v) is 7.33. The second-order valence-electron chi connectivity index (χ2n) is 10.3. The van der Waals surface area contributed by atoms with E-state index in [1.165, 1.54) is 32.4 Å². The van der Waals surface area contributed by atoms with Gasteiger partial charge in [0.15, 0.2) is 41.5 Å². The van der Waals surface area contributed by atoms with E-state index in [0.29, 0.717) is 28.2 Å². The molecule has 5 rings (SSSR count). The Morgan fingerprint density at radius 3 is 2.02 bits per heavy atom. The standard InChI is InChI=1S/C31H34O13/c1-39-22-10-17(11-23(40-2)26(22)35)30-25(14-41-31-29(38)28(37)27(36)24(13-32)44-31)42-20-6-5-15(9-21(20)43-30)3-4-16-7-18(33)12-19(34)8-16/h3-12,24-25,27-38H,13-14H2,1-2H3/b4-3+/t24-,25+,27+,28+,29-,30+,31-/m1/s1. The Morgan fingerprint density at radius 1 is 0.727 bits per heavy atom. The fourth-order valence-corrected chi connectivity index (χ4v) is 5.04. The molecule has 0 saturated carbocycles. The maximum absolute atomic E-state index is 10.5. The van der Waals surface area contributed by atoms with Crippen LogP contribution in [-0.2, 0) is 9.47 Å². The lowest BCUT2D eigenvalue weighted by Crippen LogP contribution is -2.59. The van der Waals surface area contributed by atoms with Gasteiger partial charge in [0, 0.05) is 11.6 Å². The first-order chi connectivity index (χ1) is 21.1. The Balaban J connectivity index is 1.44. The van der Waals surface area contributed by atoms with Crippen LogP contribution in [0.25, 0.3) is 12.2 Å². The van der Waals surface area contributed by atoms with Crippen LogP contribution in [0.3, 0.4) is 0 Å². The summed E-state index contributed by atoms with van der Waals surface area (Å²) in [6.07, 6.45) is -5.61. The van der Waals surface area contributed by atoms with Gasteiger partial charge < -0.3 is 64.2 Å². The van der Waals surface area contributed by atoms with Crippen molar-refractivity contribution in [1.82, 2.24) is 0 Å². The molecule has 0 spiro atoms. The van der Waals surface area contributed by atoms with Crippen LogP contribution in [0.4, 0.5) is 0 Å². The molecule has 2 aliphatic rings. The van der Waals surface area contributed by atoms with Gasteiger partial charge >= 0.3 is 0 Å². The molecule has 7 atom stereocenters. The van der Waals surface area contributed by atoms with Crippen molar-refractivity contribution in [2.24, 2.45) is 0 Å². The number of phenolic OH excluding ortho intramolecular Hbond substituents is 3. The Bertz CT molecular complexity index is 1440. The number of hydrogen-bond acceptors (Lipinski definition) is 13. The third-order valence-electron chi connectivity index (χ3n) is 7.33. The van der Waals surface area contributed by atoms with E-state index in [-0.39, 0.29) is 35.4 Å². The predicted molar refractivity (Wildman–Crippen MR) is 154 cm³/mol. The van der Waals surface area contributed by atoms with Crippen molar-refractivity contribution in [3.05, 3.63) is 65.2 Å². The number of methoxy groups -OCH3 is 2. The van der Waals surface area contributed by atoms with Crippen molar-refractivity contribution < 1.29 is 64.2 Å². The summed E-state index contributed by atoms with van der Waals surface area (Å²) in [7, 11) is 2.77. The highest BCUT2D eigenvalue weighted by Gasteiger charge is 2.45. The summed E-state index contributed by atoms with van der Waals surface area (Å²) in [4.78, 5) is 0. The number of fused-ring (bicyclic) bond motifs is 1. The summed E-state index contributed by atoms with van der Waals surface area (Å²) >= 11 is 0. The van der Waals surface area contributed by atoms with E-state index in [2.05, 4.69) is 0 Å². The van der Waals surface area contributed by atoms with E-state index in [1.54, 1.807) is 42.5 Å². The first-order valence-electron chi connectivity index (χ1n) is 13.7. The normalized spacial score (nSPS) is 26.5. The van der Waals surface area contributed by atoms with E-state index < -0.39 is 49.5 Å². The van der Waals surface area contributed by atoms with Crippen molar-refractivity contribution in [3.63, 3.8) is 0 Å². The Morgan fingerprint density at radius 2 is 1.39 bits per heavy atom. The van der Waals surface area contributed by atoms with Crippen LogP contribution in [0, 0.1) is 0 Å². The summed E-state index contributed by atoms with van der Waals surface area (Å²) in [6.45, 7) is -0.846. The first-order valence-corrected chi connectivity index (χ1v) is 13.7. The molecule has 1 saturated heterocycles. The van der Waals surface area contributed by atoms with E-state index >= 15 is 0 Å². The number of aliphatic hydroxyl groups is 4. The zero-order chi connectivity index (χ0) is 31.5. The number of ether oxygens (including phenoxy) is 6. The molecule has 0 aliphatic carbocycles. The second kappa shape index (κ2) is 13.2. The van der Waals surface area contributed by atoms with Gasteiger partial charge in [-0.2, -0.15) is 0 Å². The molecule has 44 heavy (non-hydrogen) atoms. The molecular formula is C31H34O13.